The lowest BCUT2D eigenvalue weighted by atomic mass is 9.99. The predicted molar refractivity (Wildman–Crippen MR) is 99.7 cm³/mol. The normalized spacial score (nSPS) is 18.2. The fraction of sp³-hybridized carbons (Fsp3) is 0.400. The number of anilines is 1. The van der Waals surface area contributed by atoms with E-state index in [9.17, 15) is 10.1 Å². The van der Waals surface area contributed by atoms with Gasteiger partial charge in [-0.05, 0) is 30.9 Å². The van der Waals surface area contributed by atoms with E-state index in [0.29, 0.717) is 22.9 Å². The average molecular weight is 350 g/mol. The molecule has 3 rings (SSSR count). The number of esters is 1. The number of nitriles is 1. The van der Waals surface area contributed by atoms with Crippen molar-refractivity contribution in [3.8, 4) is 6.07 Å². The molecule has 0 radical (unpaired) electrons. The number of hydrogen-bond acceptors (Lipinski definition) is 6. The Kier molecular flexibility index (Phi) is 5.47. The summed E-state index contributed by atoms with van der Waals surface area (Å²) in [5, 5.41) is 9.63. The Balaban J connectivity index is 2.08. The summed E-state index contributed by atoms with van der Waals surface area (Å²) in [5.41, 5.74) is 1.78. The maximum Gasteiger partial charge on any atom is 0.330 e. The van der Waals surface area contributed by atoms with E-state index in [1.54, 1.807) is 0 Å². The number of carbonyl (C=O) groups is 1. The van der Waals surface area contributed by atoms with Gasteiger partial charge in [-0.2, -0.15) is 5.26 Å². The maximum atomic E-state index is 12.4. The second-order valence-electron chi connectivity index (χ2n) is 6.60. The van der Waals surface area contributed by atoms with Gasteiger partial charge in [0.05, 0.1) is 17.1 Å². The van der Waals surface area contributed by atoms with Crippen molar-refractivity contribution < 1.29 is 9.53 Å². The highest BCUT2D eigenvalue weighted by atomic mass is 16.5. The second kappa shape index (κ2) is 7.96. The lowest BCUT2D eigenvalue weighted by molar-refractivity contribution is -0.142. The molecule has 26 heavy (non-hydrogen) atoms. The molecule has 0 amide bonds. The third kappa shape index (κ3) is 3.67. The molecule has 1 aliphatic heterocycles. The zero-order valence-corrected chi connectivity index (χ0v) is 14.9. The molecule has 0 spiro atoms. The highest BCUT2D eigenvalue weighted by Gasteiger charge is 2.31. The number of carbonyl (C=O) groups excluding carboxylic acids is 1. The zero-order valence-electron chi connectivity index (χ0n) is 14.9. The summed E-state index contributed by atoms with van der Waals surface area (Å²) < 4.78 is 5.11. The van der Waals surface area contributed by atoms with Crippen molar-refractivity contribution in [3.63, 3.8) is 0 Å². The van der Waals surface area contributed by atoms with E-state index in [2.05, 4.69) is 23.4 Å². The van der Waals surface area contributed by atoms with Crippen molar-refractivity contribution in [2.45, 2.75) is 25.7 Å². The standard InChI is InChI=1S/C20H22N4O2/c1-3-11-26-20(25)15(12-21)18-19(24-10-6-7-14(2)13-24)23-17-9-5-4-8-16(17)22-18/h3-5,8-9,14-15H,1,6-7,10-11,13H2,2H3/t14-,15+/m1/s1. The molecule has 2 heterocycles. The fourth-order valence-corrected chi connectivity index (χ4v) is 3.26. The van der Waals surface area contributed by atoms with Gasteiger partial charge in [0, 0.05) is 13.1 Å². The van der Waals surface area contributed by atoms with Crippen LogP contribution in [0, 0.1) is 17.2 Å². The van der Waals surface area contributed by atoms with Crippen LogP contribution in [-0.2, 0) is 9.53 Å². The molecule has 0 unspecified atom stereocenters. The lowest BCUT2D eigenvalue weighted by Gasteiger charge is -2.33. The molecule has 2 aromatic rings. The van der Waals surface area contributed by atoms with Crippen LogP contribution in [-0.4, -0.2) is 35.6 Å². The molecule has 0 aliphatic carbocycles. The fourth-order valence-electron chi connectivity index (χ4n) is 3.26. The molecule has 6 heteroatoms. The summed E-state index contributed by atoms with van der Waals surface area (Å²) in [6.07, 6.45) is 3.69. The first-order valence-corrected chi connectivity index (χ1v) is 8.82. The first-order chi connectivity index (χ1) is 12.6. The third-order valence-electron chi connectivity index (χ3n) is 4.52. The van der Waals surface area contributed by atoms with Gasteiger partial charge in [0.2, 0.25) is 0 Å². The van der Waals surface area contributed by atoms with Crippen LogP contribution in [0.25, 0.3) is 11.0 Å². The summed E-state index contributed by atoms with van der Waals surface area (Å²) in [7, 11) is 0. The number of fused-ring (bicyclic) bond motifs is 1. The third-order valence-corrected chi connectivity index (χ3v) is 4.52. The number of piperidine rings is 1. The molecule has 2 atom stereocenters. The van der Waals surface area contributed by atoms with Crippen LogP contribution in [0.4, 0.5) is 5.82 Å². The van der Waals surface area contributed by atoms with E-state index < -0.39 is 11.9 Å². The smallest absolute Gasteiger partial charge is 0.330 e. The molecular formula is C20H22N4O2. The van der Waals surface area contributed by atoms with Crippen LogP contribution >= 0.6 is 0 Å². The van der Waals surface area contributed by atoms with Crippen LogP contribution in [0.1, 0.15) is 31.4 Å². The molecule has 134 valence electrons. The van der Waals surface area contributed by atoms with Crippen LogP contribution < -0.4 is 4.90 Å². The first kappa shape index (κ1) is 17.9. The van der Waals surface area contributed by atoms with Crippen LogP contribution in [0.5, 0.6) is 0 Å². The van der Waals surface area contributed by atoms with E-state index in [4.69, 9.17) is 9.72 Å². The number of nitrogens with zero attached hydrogens (tertiary/aromatic N) is 4. The minimum absolute atomic E-state index is 0.0636. The Morgan fingerprint density at radius 1 is 1.46 bits per heavy atom. The zero-order chi connectivity index (χ0) is 18.5. The molecule has 1 aromatic heterocycles. The summed E-state index contributed by atoms with van der Waals surface area (Å²) in [4.78, 5) is 23.9. The molecule has 1 aliphatic rings. The monoisotopic (exact) mass is 350 g/mol. The van der Waals surface area contributed by atoms with Gasteiger partial charge in [0.25, 0.3) is 0 Å². The van der Waals surface area contributed by atoms with Crippen molar-refractivity contribution in [1.29, 1.82) is 5.26 Å². The molecule has 0 bridgehead atoms. The number of rotatable bonds is 5. The van der Waals surface area contributed by atoms with Gasteiger partial charge >= 0.3 is 5.97 Å². The Morgan fingerprint density at radius 3 is 2.85 bits per heavy atom. The molecule has 1 saturated heterocycles. The van der Waals surface area contributed by atoms with Gasteiger partial charge in [-0.25, -0.2) is 9.97 Å². The van der Waals surface area contributed by atoms with E-state index in [1.165, 1.54) is 6.08 Å². The lowest BCUT2D eigenvalue weighted by Crippen LogP contribution is -2.36. The minimum Gasteiger partial charge on any atom is -0.460 e. The first-order valence-electron chi connectivity index (χ1n) is 8.82. The molecule has 6 nitrogen and oxygen atoms in total. The van der Waals surface area contributed by atoms with E-state index >= 15 is 0 Å². The molecule has 1 aromatic carbocycles. The molecule has 1 fully saturated rings. The van der Waals surface area contributed by atoms with Gasteiger partial charge < -0.3 is 9.64 Å². The summed E-state index contributed by atoms with van der Waals surface area (Å²) in [5.74, 6) is -0.599. The van der Waals surface area contributed by atoms with Crippen molar-refractivity contribution in [2.24, 2.45) is 5.92 Å². The second-order valence-corrected chi connectivity index (χ2v) is 6.60. The van der Waals surface area contributed by atoms with Crippen LogP contribution in [0.15, 0.2) is 36.9 Å². The quantitative estimate of drug-likeness (QED) is 0.608. The SMILES string of the molecule is C=CCOC(=O)[C@@H](C#N)c1nc2ccccc2nc1N1CCC[C@@H](C)C1. The predicted octanol–water partition coefficient (Wildman–Crippen LogP) is 3.20. The summed E-state index contributed by atoms with van der Waals surface area (Å²) in [6.45, 7) is 7.46. The van der Waals surface area contributed by atoms with Gasteiger partial charge in [0.15, 0.2) is 11.7 Å². The van der Waals surface area contributed by atoms with Crippen molar-refractivity contribution >= 4 is 22.8 Å². The maximum absolute atomic E-state index is 12.4. The van der Waals surface area contributed by atoms with Gasteiger partial charge in [-0.15, -0.1) is 0 Å². The number of aromatic nitrogens is 2. The van der Waals surface area contributed by atoms with E-state index in [0.717, 1.165) is 31.4 Å². The average Bonchev–Trinajstić information content (AvgIpc) is 2.66. The largest absolute Gasteiger partial charge is 0.460 e. The van der Waals surface area contributed by atoms with Crippen molar-refractivity contribution in [1.82, 2.24) is 9.97 Å². The molecule has 0 N–H and O–H groups in total. The number of benzene rings is 1. The number of para-hydroxylation sites is 2. The number of ether oxygens (including phenoxy) is 1. The highest BCUT2D eigenvalue weighted by Crippen LogP contribution is 2.30. The Hall–Kier alpha value is -2.94. The van der Waals surface area contributed by atoms with Crippen LogP contribution in [0.2, 0.25) is 0 Å². The van der Waals surface area contributed by atoms with Gasteiger partial charge in [-0.3, -0.25) is 4.79 Å². The topological polar surface area (TPSA) is 79.1 Å². The van der Waals surface area contributed by atoms with Gasteiger partial charge in [0.1, 0.15) is 12.3 Å². The molecule has 0 saturated carbocycles. The van der Waals surface area contributed by atoms with Crippen molar-refractivity contribution in [3.05, 3.63) is 42.6 Å². The Bertz CT molecular complexity index is 859. The van der Waals surface area contributed by atoms with E-state index in [1.807, 2.05) is 30.3 Å². The van der Waals surface area contributed by atoms with Gasteiger partial charge in [-0.1, -0.05) is 31.7 Å². The van der Waals surface area contributed by atoms with Crippen molar-refractivity contribution in [2.75, 3.05) is 24.6 Å². The minimum atomic E-state index is -1.11. The summed E-state index contributed by atoms with van der Waals surface area (Å²) >= 11 is 0. The number of hydrogen-bond donors (Lipinski definition) is 0. The highest BCUT2D eigenvalue weighted by molar-refractivity contribution is 5.85. The van der Waals surface area contributed by atoms with E-state index in [-0.39, 0.29) is 6.61 Å². The molecular weight excluding hydrogens is 328 g/mol. The summed E-state index contributed by atoms with van der Waals surface area (Å²) in [6, 6.07) is 9.53. The Morgan fingerprint density at radius 2 is 2.19 bits per heavy atom. The van der Waals surface area contributed by atoms with Crippen LogP contribution in [0.3, 0.4) is 0 Å². The Labute approximate surface area is 153 Å².